The molecule has 0 saturated heterocycles. The standard InChI is InChI=1S/C20H19F2N3O/c1-12-9-18(14(3)25(12)16-5-4-8-23-11-16)20(26)24-13(2)17-7-6-15(21)10-19(17)22/h4-11,13H,1-3H3,(H,24,26). The fraction of sp³-hybridized carbons (Fsp3) is 0.200. The molecule has 3 rings (SSSR count). The molecule has 0 saturated carbocycles. The highest BCUT2D eigenvalue weighted by atomic mass is 19.1. The third kappa shape index (κ3) is 3.35. The molecule has 1 unspecified atom stereocenters. The Morgan fingerprint density at radius 3 is 2.62 bits per heavy atom. The summed E-state index contributed by atoms with van der Waals surface area (Å²) < 4.78 is 28.9. The monoisotopic (exact) mass is 355 g/mol. The second kappa shape index (κ2) is 7.07. The summed E-state index contributed by atoms with van der Waals surface area (Å²) in [5, 5.41) is 2.78. The van der Waals surface area contributed by atoms with Gasteiger partial charge in [0.05, 0.1) is 23.5 Å². The average Bonchev–Trinajstić information content (AvgIpc) is 2.90. The number of benzene rings is 1. The van der Waals surface area contributed by atoms with E-state index in [1.165, 1.54) is 12.1 Å². The molecule has 1 aromatic carbocycles. The van der Waals surface area contributed by atoms with Crippen LogP contribution in [0.5, 0.6) is 0 Å². The normalized spacial score (nSPS) is 12.0. The second-order valence-electron chi connectivity index (χ2n) is 6.19. The number of carbonyl (C=O) groups excluding carboxylic acids is 1. The van der Waals surface area contributed by atoms with Crippen LogP contribution in [-0.4, -0.2) is 15.5 Å². The largest absolute Gasteiger partial charge is 0.345 e. The van der Waals surface area contributed by atoms with E-state index in [9.17, 15) is 13.6 Å². The van der Waals surface area contributed by atoms with Gasteiger partial charge in [0.1, 0.15) is 11.6 Å². The maximum atomic E-state index is 13.9. The Morgan fingerprint density at radius 1 is 1.19 bits per heavy atom. The Balaban J connectivity index is 1.87. The van der Waals surface area contributed by atoms with Gasteiger partial charge in [-0.05, 0) is 45.0 Å². The van der Waals surface area contributed by atoms with Crippen molar-refractivity contribution in [2.75, 3.05) is 0 Å². The van der Waals surface area contributed by atoms with Crippen LogP contribution >= 0.6 is 0 Å². The molecule has 2 heterocycles. The number of halogens is 2. The van der Waals surface area contributed by atoms with Crippen molar-refractivity contribution in [3.8, 4) is 5.69 Å². The molecule has 0 aliphatic heterocycles. The molecule has 0 aliphatic carbocycles. The lowest BCUT2D eigenvalue weighted by Gasteiger charge is -2.15. The number of rotatable bonds is 4. The predicted octanol–water partition coefficient (Wildman–Crippen LogP) is 4.26. The number of carbonyl (C=O) groups is 1. The molecule has 1 atom stereocenters. The fourth-order valence-corrected chi connectivity index (χ4v) is 3.08. The van der Waals surface area contributed by atoms with Gasteiger partial charge in [-0.15, -0.1) is 0 Å². The molecule has 0 radical (unpaired) electrons. The first-order chi connectivity index (χ1) is 12.4. The van der Waals surface area contributed by atoms with E-state index in [0.717, 1.165) is 23.1 Å². The Bertz CT molecular complexity index is 951. The van der Waals surface area contributed by atoms with Crippen molar-refractivity contribution in [1.82, 2.24) is 14.9 Å². The molecule has 4 nitrogen and oxygen atoms in total. The van der Waals surface area contributed by atoms with Crippen molar-refractivity contribution >= 4 is 5.91 Å². The molecular formula is C20H19F2N3O. The highest BCUT2D eigenvalue weighted by molar-refractivity contribution is 5.96. The summed E-state index contributed by atoms with van der Waals surface area (Å²) in [5.41, 5.74) is 3.25. The Kier molecular flexibility index (Phi) is 4.84. The Morgan fingerprint density at radius 2 is 1.96 bits per heavy atom. The summed E-state index contributed by atoms with van der Waals surface area (Å²) in [4.78, 5) is 16.8. The summed E-state index contributed by atoms with van der Waals surface area (Å²) in [7, 11) is 0. The van der Waals surface area contributed by atoms with Gasteiger partial charge in [-0.2, -0.15) is 0 Å². The fourth-order valence-electron chi connectivity index (χ4n) is 3.08. The molecule has 26 heavy (non-hydrogen) atoms. The first-order valence-corrected chi connectivity index (χ1v) is 8.23. The number of aromatic nitrogens is 2. The molecule has 0 fully saturated rings. The minimum Gasteiger partial charge on any atom is -0.345 e. The van der Waals surface area contributed by atoms with Crippen molar-refractivity contribution in [1.29, 1.82) is 0 Å². The molecular weight excluding hydrogens is 336 g/mol. The molecule has 6 heteroatoms. The Hall–Kier alpha value is -3.02. The van der Waals surface area contributed by atoms with Crippen molar-refractivity contribution in [3.63, 3.8) is 0 Å². The number of amides is 1. The third-order valence-corrected chi connectivity index (χ3v) is 4.36. The van der Waals surface area contributed by atoms with Crippen LogP contribution in [0.3, 0.4) is 0 Å². The van der Waals surface area contributed by atoms with Crippen LogP contribution in [0.2, 0.25) is 0 Å². The van der Waals surface area contributed by atoms with E-state index in [1.54, 1.807) is 25.4 Å². The minimum absolute atomic E-state index is 0.237. The predicted molar refractivity (Wildman–Crippen MR) is 95.3 cm³/mol. The van der Waals surface area contributed by atoms with Crippen LogP contribution < -0.4 is 5.32 Å². The number of hydrogen-bond donors (Lipinski definition) is 1. The van der Waals surface area contributed by atoms with Crippen LogP contribution in [-0.2, 0) is 0 Å². The molecule has 0 bridgehead atoms. The summed E-state index contributed by atoms with van der Waals surface area (Å²) >= 11 is 0. The zero-order valence-electron chi connectivity index (χ0n) is 14.8. The van der Waals surface area contributed by atoms with E-state index in [4.69, 9.17) is 0 Å². The van der Waals surface area contributed by atoms with Crippen LogP contribution in [0.4, 0.5) is 8.78 Å². The van der Waals surface area contributed by atoms with Crippen LogP contribution in [0.15, 0.2) is 48.8 Å². The van der Waals surface area contributed by atoms with E-state index in [2.05, 4.69) is 10.3 Å². The summed E-state index contributed by atoms with van der Waals surface area (Å²) in [6.07, 6.45) is 3.41. The zero-order chi connectivity index (χ0) is 18.8. The highest BCUT2D eigenvalue weighted by Crippen LogP contribution is 2.22. The number of hydrogen-bond acceptors (Lipinski definition) is 2. The highest BCUT2D eigenvalue weighted by Gasteiger charge is 2.20. The lowest BCUT2D eigenvalue weighted by Crippen LogP contribution is -2.27. The van der Waals surface area contributed by atoms with Gasteiger partial charge in [0, 0.05) is 29.2 Å². The van der Waals surface area contributed by atoms with Crippen molar-refractivity contribution in [2.24, 2.45) is 0 Å². The summed E-state index contributed by atoms with van der Waals surface area (Å²) in [6, 6.07) is 8.25. The second-order valence-corrected chi connectivity index (χ2v) is 6.19. The number of nitrogens with zero attached hydrogens (tertiary/aromatic N) is 2. The molecule has 0 spiro atoms. The average molecular weight is 355 g/mol. The van der Waals surface area contributed by atoms with E-state index >= 15 is 0 Å². The van der Waals surface area contributed by atoms with Gasteiger partial charge in [-0.3, -0.25) is 9.78 Å². The summed E-state index contributed by atoms with van der Waals surface area (Å²) in [6.45, 7) is 5.41. The molecule has 134 valence electrons. The van der Waals surface area contributed by atoms with E-state index in [1.807, 2.05) is 30.5 Å². The minimum atomic E-state index is -0.682. The molecule has 1 N–H and O–H groups in total. The van der Waals surface area contributed by atoms with Gasteiger partial charge in [0.15, 0.2) is 0 Å². The zero-order valence-corrected chi connectivity index (χ0v) is 14.8. The van der Waals surface area contributed by atoms with Crippen LogP contribution in [0.1, 0.15) is 40.3 Å². The maximum Gasteiger partial charge on any atom is 0.253 e. The number of nitrogens with one attached hydrogen (secondary N) is 1. The van der Waals surface area contributed by atoms with E-state index in [0.29, 0.717) is 5.56 Å². The van der Waals surface area contributed by atoms with Crippen molar-refractivity contribution in [2.45, 2.75) is 26.8 Å². The van der Waals surface area contributed by atoms with Crippen LogP contribution in [0.25, 0.3) is 5.69 Å². The van der Waals surface area contributed by atoms with E-state index < -0.39 is 17.7 Å². The molecule has 2 aromatic heterocycles. The van der Waals surface area contributed by atoms with Crippen molar-refractivity contribution in [3.05, 3.63) is 82.9 Å². The first kappa shape index (κ1) is 17.8. The van der Waals surface area contributed by atoms with E-state index in [-0.39, 0.29) is 11.5 Å². The van der Waals surface area contributed by atoms with Gasteiger partial charge < -0.3 is 9.88 Å². The topological polar surface area (TPSA) is 46.9 Å². The van der Waals surface area contributed by atoms with Gasteiger partial charge in [-0.25, -0.2) is 8.78 Å². The lowest BCUT2D eigenvalue weighted by atomic mass is 10.1. The SMILES string of the molecule is Cc1cc(C(=O)NC(C)c2ccc(F)cc2F)c(C)n1-c1cccnc1. The van der Waals surface area contributed by atoms with Crippen molar-refractivity contribution < 1.29 is 13.6 Å². The van der Waals surface area contributed by atoms with Gasteiger partial charge in [0.2, 0.25) is 0 Å². The summed E-state index contributed by atoms with van der Waals surface area (Å²) in [5.74, 6) is -1.65. The molecule has 1 amide bonds. The quantitative estimate of drug-likeness (QED) is 0.760. The lowest BCUT2D eigenvalue weighted by molar-refractivity contribution is 0.0939. The Labute approximate surface area is 150 Å². The number of aryl methyl sites for hydroxylation is 1. The van der Waals surface area contributed by atoms with Gasteiger partial charge >= 0.3 is 0 Å². The van der Waals surface area contributed by atoms with Gasteiger partial charge in [0.25, 0.3) is 5.91 Å². The molecule has 3 aromatic rings. The molecule has 0 aliphatic rings. The van der Waals surface area contributed by atoms with Crippen LogP contribution in [0, 0.1) is 25.5 Å². The third-order valence-electron chi connectivity index (χ3n) is 4.36. The smallest absolute Gasteiger partial charge is 0.253 e. The first-order valence-electron chi connectivity index (χ1n) is 8.23. The maximum absolute atomic E-state index is 13.9. The number of pyridine rings is 1. The van der Waals surface area contributed by atoms with Gasteiger partial charge in [-0.1, -0.05) is 6.07 Å².